The second kappa shape index (κ2) is 13.3. The van der Waals surface area contributed by atoms with Crippen molar-refractivity contribution >= 4 is 16.9 Å². The fourth-order valence-electron chi connectivity index (χ4n) is 5.00. The lowest BCUT2D eigenvalue weighted by atomic mass is 9.98. The highest BCUT2D eigenvalue weighted by Gasteiger charge is 2.31. The zero-order valence-electron chi connectivity index (χ0n) is 23.0. The van der Waals surface area contributed by atoms with Crippen LogP contribution in [0.15, 0.2) is 91.0 Å². The number of nitrogens with zero attached hydrogens (tertiary/aromatic N) is 1. The number of carbonyl (C=O) groups excluding carboxylic acids is 1. The van der Waals surface area contributed by atoms with Gasteiger partial charge in [0, 0.05) is 6.54 Å². The Hall–Kier alpha value is -4.01. The van der Waals surface area contributed by atoms with Gasteiger partial charge in [0.2, 0.25) is 0 Å². The van der Waals surface area contributed by atoms with Crippen LogP contribution in [0.3, 0.4) is 0 Å². The van der Waals surface area contributed by atoms with E-state index in [0.717, 1.165) is 40.6 Å². The molecule has 0 heterocycles. The van der Waals surface area contributed by atoms with Gasteiger partial charge in [-0.05, 0) is 72.2 Å². The number of halogens is 6. The first-order chi connectivity index (χ1) is 19.9. The fraction of sp³-hybridized carbons (Fsp3) is 0.303. The van der Waals surface area contributed by atoms with Crippen molar-refractivity contribution in [2.45, 2.75) is 51.0 Å². The fourth-order valence-corrected chi connectivity index (χ4v) is 5.00. The van der Waals surface area contributed by atoms with E-state index in [1.165, 1.54) is 12.1 Å². The highest BCUT2D eigenvalue weighted by Crippen LogP contribution is 2.32. The summed E-state index contributed by atoms with van der Waals surface area (Å²) in [5, 5.41) is 1.97. The van der Waals surface area contributed by atoms with Gasteiger partial charge < -0.3 is 9.64 Å². The number of carbonyl (C=O) groups is 1. The van der Waals surface area contributed by atoms with E-state index in [1.54, 1.807) is 17.0 Å². The molecule has 1 amide bonds. The number of rotatable bonds is 10. The standard InChI is InChI=1S/C33H31F6NO2/c1-23(29-18-6-14-26-13-2-3-17-30(26)29)40(19-7-11-24-9-4-15-27(21-24)32(34,35)36)31(41)42-20-8-12-25-10-5-16-28(22-25)33(37,38)39/h2-6,9-10,13-18,21-23H,7-8,11-12,19-20H2,1H3. The highest BCUT2D eigenvalue weighted by molar-refractivity contribution is 5.86. The summed E-state index contributed by atoms with van der Waals surface area (Å²) in [6, 6.07) is 23.3. The van der Waals surface area contributed by atoms with Crippen LogP contribution in [0.4, 0.5) is 31.1 Å². The molecule has 0 aromatic heterocycles. The van der Waals surface area contributed by atoms with Crippen molar-refractivity contribution in [3.8, 4) is 0 Å². The summed E-state index contributed by atoms with van der Waals surface area (Å²) in [5.74, 6) is 0. The molecule has 0 N–H and O–H groups in total. The average Bonchev–Trinajstić information content (AvgIpc) is 2.96. The molecule has 0 bridgehead atoms. The van der Waals surface area contributed by atoms with E-state index in [2.05, 4.69) is 0 Å². The van der Waals surface area contributed by atoms with Crippen molar-refractivity contribution in [1.82, 2.24) is 4.90 Å². The quantitative estimate of drug-likeness (QED) is 0.137. The van der Waals surface area contributed by atoms with Gasteiger partial charge in [0.05, 0.1) is 23.8 Å². The smallest absolute Gasteiger partial charge is 0.416 e. The third kappa shape index (κ3) is 8.05. The molecule has 3 nitrogen and oxygen atoms in total. The van der Waals surface area contributed by atoms with E-state index in [-0.39, 0.29) is 13.2 Å². The van der Waals surface area contributed by atoms with Crippen LogP contribution in [-0.2, 0) is 29.9 Å². The molecule has 1 atom stereocenters. The molecule has 4 aromatic carbocycles. The largest absolute Gasteiger partial charge is 0.449 e. The summed E-state index contributed by atoms with van der Waals surface area (Å²) in [6.07, 6.45) is -8.12. The molecular formula is C33H31F6NO2. The van der Waals surface area contributed by atoms with Crippen molar-refractivity contribution in [3.63, 3.8) is 0 Å². The van der Waals surface area contributed by atoms with E-state index in [0.29, 0.717) is 36.8 Å². The minimum Gasteiger partial charge on any atom is -0.449 e. The molecule has 0 aliphatic rings. The number of amides is 1. The minimum atomic E-state index is -4.44. The number of hydrogen-bond donors (Lipinski definition) is 0. The van der Waals surface area contributed by atoms with Gasteiger partial charge in [0.25, 0.3) is 0 Å². The van der Waals surface area contributed by atoms with Crippen molar-refractivity contribution in [2.24, 2.45) is 0 Å². The topological polar surface area (TPSA) is 29.5 Å². The number of fused-ring (bicyclic) bond motifs is 1. The van der Waals surface area contributed by atoms with Crippen LogP contribution in [0.5, 0.6) is 0 Å². The zero-order valence-corrected chi connectivity index (χ0v) is 23.0. The third-order valence-electron chi connectivity index (χ3n) is 7.18. The van der Waals surface area contributed by atoms with Gasteiger partial charge >= 0.3 is 18.4 Å². The molecule has 42 heavy (non-hydrogen) atoms. The summed E-state index contributed by atoms with van der Waals surface area (Å²) in [7, 11) is 0. The Morgan fingerprint density at radius 1 is 0.738 bits per heavy atom. The van der Waals surface area contributed by atoms with Gasteiger partial charge in [0.15, 0.2) is 0 Å². The van der Waals surface area contributed by atoms with Gasteiger partial charge in [0.1, 0.15) is 0 Å². The molecule has 0 saturated heterocycles. The summed E-state index contributed by atoms with van der Waals surface area (Å²) >= 11 is 0. The van der Waals surface area contributed by atoms with Crippen LogP contribution < -0.4 is 0 Å². The normalized spacial score (nSPS) is 12.7. The zero-order chi connectivity index (χ0) is 30.3. The molecule has 4 aromatic rings. The molecule has 9 heteroatoms. The van der Waals surface area contributed by atoms with E-state index in [9.17, 15) is 31.1 Å². The van der Waals surface area contributed by atoms with Crippen LogP contribution in [0.25, 0.3) is 10.8 Å². The van der Waals surface area contributed by atoms with E-state index in [4.69, 9.17) is 4.74 Å². The molecule has 222 valence electrons. The lowest BCUT2D eigenvalue weighted by Gasteiger charge is -2.30. The predicted molar refractivity (Wildman–Crippen MR) is 150 cm³/mol. The van der Waals surface area contributed by atoms with Gasteiger partial charge in [-0.2, -0.15) is 26.3 Å². The van der Waals surface area contributed by atoms with Gasteiger partial charge in [-0.15, -0.1) is 0 Å². The molecule has 0 fully saturated rings. The van der Waals surface area contributed by atoms with Crippen molar-refractivity contribution in [1.29, 1.82) is 0 Å². The Kier molecular flexibility index (Phi) is 9.81. The maximum absolute atomic E-state index is 13.3. The van der Waals surface area contributed by atoms with Gasteiger partial charge in [-0.25, -0.2) is 4.79 Å². The molecule has 0 spiro atoms. The second-order valence-electron chi connectivity index (χ2n) is 10.2. The lowest BCUT2D eigenvalue weighted by molar-refractivity contribution is -0.138. The van der Waals surface area contributed by atoms with Crippen LogP contribution in [0, 0.1) is 0 Å². The first-order valence-corrected chi connectivity index (χ1v) is 13.7. The lowest BCUT2D eigenvalue weighted by Crippen LogP contribution is -2.35. The molecule has 4 rings (SSSR count). The van der Waals surface area contributed by atoms with Gasteiger partial charge in [-0.1, -0.05) is 78.9 Å². The number of ether oxygens (including phenoxy) is 1. The average molecular weight is 588 g/mol. The van der Waals surface area contributed by atoms with Crippen molar-refractivity contribution in [2.75, 3.05) is 13.2 Å². The van der Waals surface area contributed by atoms with E-state index in [1.807, 2.05) is 49.4 Å². The SMILES string of the molecule is CC(c1cccc2ccccc12)N(CCCc1cccc(C(F)(F)F)c1)C(=O)OCCCc1cccc(C(F)(F)F)c1. The number of aryl methyl sites for hydroxylation is 2. The van der Waals surface area contributed by atoms with E-state index >= 15 is 0 Å². The third-order valence-corrected chi connectivity index (χ3v) is 7.18. The van der Waals surface area contributed by atoms with Crippen LogP contribution in [-0.4, -0.2) is 24.1 Å². The molecule has 0 radical (unpaired) electrons. The molecular weight excluding hydrogens is 556 g/mol. The summed E-state index contributed by atoms with van der Waals surface area (Å²) < 4.78 is 84.1. The maximum atomic E-state index is 13.3. The van der Waals surface area contributed by atoms with Crippen molar-refractivity contribution < 1.29 is 35.9 Å². The summed E-state index contributed by atoms with van der Waals surface area (Å²) in [6.45, 7) is 2.10. The van der Waals surface area contributed by atoms with Gasteiger partial charge in [-0.3, -0.25) is 0 Å². The first-order valence-electron chi connectivity index (χ1n) is 13.7. The monoisotopic (exact) mass is 587 g/mol. The molecule has 1 unspecified atom stereocenters. The van der Waals surface area contributed by atoms with Crippen molar-refractivity contribution in [3.05, 3.63) is 119 Å². The van der Waals surface area contributed by atoms with E-state index < -0.39 is 35.6 Å². The Bertz CT molecular complexity index is 1490. The first kappa shape index (κ1) is 30.9. The number of benzene rings is 4. The summed E-state index contributed by atoms with van der Waals surface area (Å²) in [4.78, 5) is 14.9. The molecule has 0 aliphatic heterocycles. The highest BCUT2D eigenvalue weighted by atomic mass is 19.4. The predicted octanol–water partition coefficient (Wildman–Crippen LogP) is 9.64. The van der Waals surface area contributed by atoms with Crippen LogP contribution in [0.1, 0.15) is 53.6 Å². The maximum Gasteiger partial charge on any atom is 0.416 e. The molecule has 0 saturated carbocycles. The Labute approximate surface area is 240 Å². The Morgan fingerprint density at radius 2 is 1.29 bits per heavy atom. The Balaban J connectivity index is 1.45. The second-order valence-corrected chi connectivity index (χ2v) is 10.2. The minimum absolute atomic E-state index is 0.00145. The van der Waals surface area contributed by atoms with Crippen LogP contribution >= 0.6 is 0 Å². The molecule has 0 aliphatic carbocycles. The van der Waals surface area contributed by atoms with Crippen LogP contribution in [0.2, 0.25) is 0 Å². The number of hydrogen-bond acceptors (Lipinski definition) is 2. The Morgan fingerprint density at radius 3 is 1.90 bits per heavy atom. The number of alkyl halides is 6. The summed E-state index contributed by atoms with van der Waals surface area (Å²) in [5.41, 5.74) is 0.446.